The number of unbranched alkanes of at least 4 members (excludes halogenated alkanes) is 1. The summed E-state index contributed by atoms with van der Waals surface area (Å²) in [6, 6.07) is 7.41. The van der Waals surface area contributed by atoms with Crippen LogP contribution in [0.15, 0.2) is 18.2 Å². The van der Waals surface area contributed by atoms with Crippen molar-refractivity contribution in [3.63, 3.8) is 0 Å². The molecule has 1 aromatic carbocycles. The van der Waals surface area contributed by atoms with E-state index in [1.807, 2.05) is 0 Å². The van der Waals surface area contributed by atoms with E-state index in [1.54, 1.807) is 0 Å². The molecule has 1 fully saturated rings. The predicted octanol–water partition coefficient (Wildman–Crippen LogP) is 6.63. The van der Waals surface area contributed by atoms with Gasteiger partial charge in [-0.15, -0.1) is 0 Å². The lowest BCUT2D eigenvalue weighted by atomic mass is 9.76. The average Bonchev–Trinajstić information content (AvgIpc) is 3.23. The minimum Gasteiger partial charge on any atom is -0.493 e. The van der Waals surface area contributed by atoms with Crippen molar-refractivity contribution >= 4 is 17.3 Å². The normalized spacial score (nSPS) is 15.3. The highest BCUT2D eigenvalue weighted by Crippen LogP contribution is 2.38. The molecule has 0 amide bonds. The number of benzene rings is 1. The minimum atomic E-state index is 0.106. The molecule has 2 rings (SSSR count). The second-order valence-electron chi connectivity index (χ2n) is 10.1. The maximum absolute atomic E-state index is 6.27. The third-order valence-corrected chi connectivity index (χ3v) is 7.32. The van der Waals surface area contributed by atoms with Gasteiger partial charge in [0.2, 0.25) is 0 Å². The molecular formula is C26H44N2OS. The van der Waals surface area contributed by atoms with E-state index in [4.69, 9.17) is 17.0 Å². The fourth-order valence-corrected chi connectivity index (χ4v) is 4.19. The quantitative estimate of drug-likeness (QED) is 0.304. The summed E-state index contributed by atoms with van der Waals surface area (Å²) in [7, 11) is 0. The maximum atomic E-state index is 6.27. The van der Waals surface area contributed by atoms with E-state index in [0.29, 0.717) is 6.04 Å². The van der Waals surface area contributed by atoms with Crippen molar-refractivity contribution in [2.45, 2.75) is 110 Å². The molecule has 170 valence electrons. The van der Waals surface area contributed by atoms with Crippen molar-refractivity contribution in [1.29, 1.82) is 0 Å². The Morgan fingerprint density at radius 3 is 2.33 bits per heavy atom. The summed E-state index contributed by atoms with van der Waals surface area (Å²) in [4.78, 5) is 0. The van der Waals surface area contributed by atoms with E-state index in [-0.39, 0.29) is 10.8 Å². The molecule has 0 aromatic heterocycles. The lowest BCUT2D eigenvalue weighted by Gasteiger charge is -2.30. The summed E-state index contributed by atoms with van der Waals surface area (Å²) in [6.45, 7) is 15.5. The van der Waals surface area contributed by atoms with Crippen molar-refractivity contribution in [3.8, 4) is 5.75 Å². The Balaban J connectivity index is 1.84. The van der Waals surface area contributed by atoms with Crippen LogP contribution in [0.3, 0.4) is 0 Å². The molecule has 2 N–H and O–H groups in total. The Labute approximate surface area is 190 Å². The number of hydrogen-bond acceptors (Lipinski definition) is 2. The molecule has 0 unspecified atom stereocenters. The van der Waals surface area contributed by atoms with Crippen molar-refractivity contribution < 1.29 is 4.74 Å². The molecule has 1 saturated carbocycles. The molecule has 0 atom stereocenters. The maximum Gasteiger partial charge on any atom is 0.166 e. The first-order valence-corrected chi connectivity index (χ1v) is 12.4. The molecular weight excluding hydrogens is 388 g/mol. The average molecular weight is 433 g/mol. The van der Waals surface area contributed by atoms with Crippen LogP contribution in [-0.4, -0.2) is 24.3 Å². The first kappa shape index (κ1) is 25.0. The lowest BCUT2D eigenvalue weighted by molar-refractivity contribution is 0.296. The van der Waals surface area contributed by atoms with Gasteiger partial charge in [-0.2, -0.15) is 0 Å². The fourth-order valence-electron chi connectivity index (χ4n) is 3.92. The summed E-state index contributed by atoms with van der Waals surface area (Å²) in [5, 5.41) is 7.59. The smallest absolute Gasteiger partial charge is 0.166 e. The molecule has 1 aromatic rings. The zero-order valence-electron chi connectivity index (χ0n) is 20.2. The van der Waals surface area contributed by atoms with Gasteiger partial charge < -0.3 is 15.4 Å². The second-order valence-corrected chi connectivity index (χ2v) is 10.5. The van der Waals surface area contributed by atoms with Crippen molar-refractivity contribution in [2.75, 3.05) is 13.2 Å². The molecule has 0 radical (unpaired) electrons. The highest BCUT2D eigenvalue weighted by atomic mass is 32.1. The van der Waals surface area contributed by atoms with Gasteiger partial charge in [-0.25, -0.2) is 0 Å². The van der Waals surface area contributed by atoms with Gasteiger partial charge in [0.15, 0.2) is 5.11 Å². The van der Waals surface area contributed by atoms with E-state index < -0.39 is 0 Å². The molecule has 1 aliphatic carbocycles. The minimum absolute atomic E-state index is 0.106. The summed E-state index contributed by atoms with van der Waals surface area (Å²) in [6.07, 6.45) is 9.45. The van der Waals surface area contributed by atoms with Gasteiger partial charge in [-0.3, -0.25) is 0 Å². The molecule has 0 spiro atoms. The Morgan fingerprint density at radius 1 is 1.03 bits per heavy atom. The highest BCUT2D eigenvalue weighted by molar-refractivity contribution is 7.80. The molecule has 30 heavy (non-hydrogen) atoms. The number of rotatable bonds is 11. The number of nitrogens with one attached hydrogen (secondary N) is 2. The highest BCUT2D eigenvalue weighted by Gasteiger charge is 2.26. The SMILES string of the molecule is CCC(C)(C)c1ccc(OCCCCNC(=S)NC2CCCC2)c(C(C)(C)CC)c1. The van der Waals surface area contributed by atoms with Crippen LogP contribution in [0.2, 0.25) is 0 Å². The molecule has 3 nitrogen and oxygen atoms in total. The van der Waals surface area contributed by atoms with E-state index >= 15 is 0 Å². The van der Waals surface area contributed by atoms with Crippen molar-refractivity contribution in [1.82, 2.24) is 10.6 Å². The summed E-state index contributed by atoms with van der Waals surface area (Å²) in [5.41, 5.74) is 3.04. The lowest BCUT2D eigenvalue weighted by Crippen LogP contribution is -2.41. The van der Waals surface area contributed by atoms with Crippen LogP contribution in [-0.2, 0) is 10.8 Å². The van der Waals surface area contributed by atoms with Gasteiger partial charge in [0.25, 0.3) is 0 Å². The second kappa shape index (κ2) is 11.4. The van der Waals surface area contributed by atoms with Crippen LogP contribution >= 0.6 is 12.2 Å². The van der Waals surface area contributed by atoms with E-state index in [0.717, 1.165) is 49.7 Å². The van der Waals surface area contributed by atoms with Crippen LogP contribution in [0.4, 0.5) is 0 Å². The van der Waals surface area contributed by atoms with Gasteiger partial charge in [0, 0.05) is 18.2 Å². The van der Waals surface area contributed by atoms with Crippen molar-refractivity contribution in [3.05, 3.63) is 29.3 Å². The van der Waals surface area contributed by atoms with Crippen LogP contribution in [0, 0.1) is 0 Å². The Morgan fingerprint density at radius 2 is 1.70 bits per heavy atom. The summed E-state index contributed by atoms with van der Waals surface area (Å²) in [5.74, 6) is 1.05. The zero-order valence-corrected chi connectivity index (χ0v) is 21.0. The van der Waals surface area contributed by atoms with Gasteiger partial charge in [-0.1, -0.05) is 66.5 Å². The Kier molecular flexibility index (Phi) is 9.46. The van der Waals surface area contributed by atoms with Crippen molar-refractivity contribution in [2.24, 2.45) is 0 Å². The predicted molar refractivity (Wildman–Crippen MR) is 134 cm³/mol. The molecule has 0 bridgehead atoms. The first-order chi connectivity index (χ1) is 14.2. The Hall–Kier alpha value is -1.29. The topological polar surface area (TPSA) is 33.3 Å². The molecule has 1 aliphatic rings. The summed E-state index contributed by atoms with van der Waals surface area (Å²) >= 11 is 5.42. The molecule has 4 heteroatoms. The van der Waals surface area contributed by atoms with Gasteiger partial charge in [0.05, 0.1) is 6.61 Å². The zero-order chi connectivity index (χ0) is 22.2. The number of hydrogen-bond donors (Lipinski definition) is 2. The van der Waals surface area contributed by atoms with Gasteiger partial charge >= 0.3 is 0 Å². The standard InChI is InChI=1S/C26H44N2OS/c1-7-25(3,4)20-15-16-23(22(19-20)26(5,6)8-2)29-18-12-11-17-27-24(30)28-21-13-9-10-14-21/h15-16,19,21H,7-14,17-18H2,1-6H3,(H2,27,28,30). The fraction of sp³-hybridized carbons (Fsp3) is 0.731. The molecule has 0 heterocycles. The van der Waals surface area contributed by atoms with E-state index in [9.17, 15) is 0 Å². The molecule has 0 saturated heterocycles. The van der Waals surface area contributed by atoms with Crippen LogP contribution < -0.4 is 15.4 Å². The summed E-state index contributed by atoms with van der Waals surface area (Å²) < 4.78 is 6.27. The van der Waals surface area contributed by atoms with Crippen LogP contribution in [0.25, 0.3) is 0 Å². The van der Waals surface area contributed by atoms with E-state index in [2.05, 4.69) is 70.4 Å². The van der Waals surface area contributed by atoms with Crippen LogP contribution in [0.5, 0.6) is 5.75 Å². The van der Waals surface area contributed by atoms with E-state index in [1.165, 1.54) is 36.8 Å². The number of thiocarbonyl (C=S) groups is 1. The first-order valence-electron chi connectivity index (χ1n) is 12.0. The van der Waals surface area contributed by atoms with Crippen LogP contribution in [0.1, 0.15) is 104 Å². The monoisotopic (exact) mass is 432 g/mol. The number of ether oxygens (including phenoxy) is 1. The third-order valence-electron chi connectivity index (χ3n) is 7.06. The Bertz CT molecular complexity index is 678. The van der Waals surface area contributed by atoms with Gasteiger partial charge in [0.1, 0.15) is 5.75 Å². The third kappa shape index (κ3) is 7.14. The largest absolute Gasteiger partial charge is 0.493 e. The van der Waals surface area contributed by atoms with Gasteiger partial charge in [-0.05, 0) is 73.2 Å². The molecule has 0 aliphatic heterocycles.